The van der Waals surface area contributed by atoms with Crippen molar-refractivity contribution in [2.24, 2.45) is 0 Å². The lowest BCUT2D eigenvalue weighted by atomic mass is 10.2. The number of hydrogen-bond donors (Lipinski definition) is 1. The number of benzene rings is 2. The summed E-state index contributed by atoms with van der Waals surface area (Å²) in [6.07, 6.45) is 1.57. The minimum absolute atomic E-state index is 0.0812. The third-order valence-corrected chi connectivity index (χ3v) is 5.64. The van der Waals surface area contributed by atoms with Crippen LogP contribution in [0.1, 0.15) is 18.4 Å². The van der Waals surface area contributed by atoms with Gasteiger partial charge in [0.25, 0.3) is 5.91 Å². The lowest BCUT2D eigenvalue weighted by molar-refractivity contribution is -0.113. The molecule has 1 aromatic heterocycles. The minimum atomic E-state index is -0.318. The Kier molecular flexibility index (Phi) is 7.14. The van der Waals surface area contributed by atoms with Gasteiger partial charge in [0.2, 0.25) is 0 Å². The Labute approximate surface area is 210 Å². The zero-order valence-corrected chi connectivity index (χ0v) is 20.3. The van der Waals surface area contributed by atoms with Gasteiger partial charge in [0.05, 0.1) is 22.3 Å². The van der Waals surface area contributed by atoms with Crippen LogP contribution in [0.3, 0.4) is 0 Å². The number of halogens is 3. The van der Waals surface area contributed by atoms with Crippen molar-refractivity contribution >= 4 is 69.8 Å². The molecule has 0 radical (unpaired) electrons. The monoisotopic (exact) mass is 522 g/mol. The minimum Gasteiger partial charge on any atom is -0.492 e. The Morgan fingerprint density at radius 1 is 1.09 bits per heavy atom. The van der Waals surface area contributed by atoms with Crippen molar-refractivity contribution in [3.8, 4) is 11.5 Å². The first-order valence-corrected chi connectivity index (χ1v) is 11.4. The summed E-state index contributed by atoms with van der Waals surface area (Å²) in [4.78, 5) is 14.4. The normalized spacial score (nSPS) is 14.7. The fraction of sp³-hybridized carbons (Fsp3) is 0.130. The predicted molar refractivity (Wildman–Crippen MR) is 133 cm³/mol. The second-order valence-corrected chi connectivity index (χ2v) is 8.46. The van der Waals surface area contributed by atoms with Crippen molar-refractivity contribution in [3.05, 3.63) is 80.8 Å². The lowest BCUT2D eigenvalue weighted by Gasteiger charge is -2.17. The zero-order valence-electron chi connectivity index (χ0n) is 17.2. The van der Waals surface area contributed by atoms with E-state index in [1.165, 1.54) is 17.0 Å². The van der Waals surface area contributed by atoms with E-state index in [0.29, 0.717) is 50.4 Å². The standard InChI is InChI=1S/C23H17Cl3N2O4S/c1-2-30-20-6-4-3-5-19(20)28-22(29)18(27-23(28)33)11-14-7-8-15(32-14)12-31-21-16(25)9-13(24)10-17(21)26/h3-11H,2,12H2,1H3,(H,27,33)/b18-11+. The molecule has 2 heterocycles. The molecule has 0 atom stereocenters. The van der Waals surface area contributed by atoms with Crippen molar-refractivity contribution in [2.45, 2.75) is 13.5 Å². The number of furan rings is 1. The van der Waals surface area contributed by atoms with Crippen LogP contribution in [0.4, 0.5) is 5.69 Å². The van der Waals surface area contributed by atoms with Gasteiger partial charge in [0, 0.05) is 11.1 Å². The third kappa shape index (κ3) is 5.12. The van der Waals surface area contributed by atoms with Crippen LogP contribution in [0.2, 0.25) is 15.1 Å². The van der Waals surface area contributed by atoms with Crippen molar-refractivity contribution in [2.75, 3.05) is 11.5 Å². The molecule has 6 nitrogen and oxygen atoms in total. The first-order chi connectivity index (χ1) is 15.9. The molecular weight excluding hydrogens is 507 g/mol. The molecule has 3 aromatic rings. The van der Waals surface area contributed by atoms with Crippen molar-refractivity contribution in [3.63, 3.8) is 0 Å². The van der Waals surface area contributed by atoms with E-state index in [9.17, 15) is 4.79 Å². The molecule has 0 unspecified atom stereocenters. The van der Waals surface area contributed by atoms with Crippen LogP contribution in [0.15, 0.2) is 58.6 Å². The molecule has 1 N–H and O–H groups in total. The molecule has 10 heteroatoms. The second kappa shape index (κ2) is 10.1. The number of carbonyl (C=O) groups excluding carboxylic acids is 1. The van der Waals surface area contributed by atoms with Crippen LogP contribution in [-0.2, 0) is 11.4 Å². The van der Waals surface area contributed by atoms with Crippen LogP contribution in [0, 0.1) is 0 Å². The molecule has 2 aromatic carbocycles. The molecular formula is C23H17Cl3N2O4S. The highest BCUT2D eigenvalue weighted by Gasteiger charge is 2.34. The quantitative estimate of drug-likeness (QED) is 0.282. The largest absolute Gasteiger partial charge is 0.492 e. The Hall–Kier alpha value is -2.71. The molecule has 170 valence electrons. The summed E-state index contributed by atoms with van der Waals surface area (Å²) in [7, 11) is 0. The molecule has 0 aliphatic carbocycles. The number of ether oxygens (including phenoxy) is 2. The topological polar surface area (TPSA) is 63.9 Å². The van der Waals surface area contributed by atoms with Gasteiger partial charge in [-0.3, -0.25) is 4.79 Å². The van der Waals surface area contributed by atoms with E-state index in [1.54, 1.807) is 30.3 Å². The average molecular weight is 524 g/mol. The molecule has 1 amide bonds. The summed E-state index contributed by atoms with van der Waals surface area (Å²) in [5.41, 5.74) is 0.840. The number of thiocarbonyl (C=S) groups is 1. The van der Waals surface area contributed by atoms with Crippen LogP contribution in [-0.4, -0.2) is 17.6 Å². The molecule has 1 aliphatic rings. The zero-order chi connectivity index (χ0) is 23.5. The lowest BCUT2D eigenvalue weighted by Crippen LogP contribution is -2.30. The van der Waals surface area contributed by atoms with E-state index in [-0.39, 0.29) is 23.3 Å². The third-order valence-electron chi connectivity index (χ3n) is 4.58. The predicted octanol–water partition coefficient (Wildman–Crippen LogP) is 6.48. The number of amides is 1. The van der Waals surface area contributed by atoms with E-state index < -0.39 is 0 Å². The molecule has 0 bridgehead atoms. The molecule has 4 rings (SSSR count). The van der Waals surface area contributed by atoms with Crippen LogP contribution in [0.25, 0.3) is 6.08 Å². The smallest absolute Gasteiger partial charge is 0.281 e. The summed E-state index contributed by atoms with van der Waals surface area (Å²) in [5, 5.41) is 4.18. The molecule has 0 saturated carbocycles. The fourth-order valence-electron chi connectivity index (χ4n) is 3.18. The maximum absolute atomic E-state index is 13.0. The van der Waals surface area contributed by atoms with Gasteiger partial charge < -0.3 is 19.2 Å². The highest BCUT2D eigenvalue weighted by molar-refractivity contribution is 7.80. The number of para-hydroxylation sites is 2. The number of nitrogens with zero attached hydrogens (tertiary/aromatic N) is 1. The van der Waals surface area contributed by atoms with Gasteiger partial charge in [0.15, 0.2) is 10.9 Å². The summed E-state index contributed by atoms with van der Waals surface area (Å²) < 4.78 is 17.1. The molecule has 0 spiro atoms. The number of rotatable bonds is 7. The van der Waals surface area contributed by atoms with Gasteiger partial charge >= 0.3 is 0 Å². The van der Waals surface area contributed by atoms with Crippen LogP contribution in [0.5, 0.6) is 11.5 Å². The number of nitrogens with one attached hydrogen (secondary N) is 1. The maximum atomic E-state index is 13.0. The summed E-state index contributed by atoms with van der Waals surface area (Å²) in [6, 6.07) is 13.7. The maximum Gasteiger partial charge on any atom is 0.281 e. The number of hydrogen-bond acceptors (Lipinski definition) is 5. The highest BCUT2D eigenvalue weighted by Crippen LogP contribution is 2.36. The van der Waals surface area contributed by atoms with Crippen LogP contribution < -0.4 is 19.7 Å². The van der Waals surface area contributed by atoms with Crippen molar-refractivity contribution in [1.29, 1.82) is 0 Å². The van der Waals surface area contributed by atoms with E-state index >= 15 is 0 Å². The number of anilines is 1. The number of carbonyl (C=O) groups is 1. The SMILES string of the molecule is CCOc1ccccc1N1C(=O)/C(=C\c2ccc(COc3c(Cl)cc(Cl)cc3Cl)o2)NC1=S. The molecule has 1 fully saturated rings. The van der Waals surface area contributed by atoms with E-state index in [1.807, 2.05) is 19.1 Å². The summed E-state index contributed by atoms with van der Waals surface area (Å²) in [5.74, 6) is 1.51. The van der Waals surface area contributed by atoms with Gasteiger partial charge in [-0.1, -0.05) is 46.9 Å². The summed E-state index contributed by atoms with van der Waals surface area (Å²) >= 11 is 23.6. The average Bonchev–Trinajstić information content (AvgIpc) is 3.32. The Morgan fingerprint density at radius 2 is 1.82 bits per heavy atom. The fourth-order valence-corrected chi connectivity index (χ4v) is 4.39. The van der Waals surface area contributed by atoms with E-state index in [4.69, 9.17) is 60.9 Å². The Morgan fingerprint density at radius 3 is 2.55 bits per heavy atom. The molecule has 33 heavy (non-hydrogen) atoms. The highest BCUT2D eigenvalue weighted by atomic mass is 35.5. The van der Waals surface area contributed by atoms with Gasteiger partial charge in [-0.25, -0.2) is 4.90 Å². The summed E-state index contributed by atoms with van der Waals surface area (Å²) in [6.45, 7) is 2.42. The van der Waals surface area contributed by atoms with Gasteiger partial charge in [-0.15, -0.1) is 0 Å². The van der Waals surface area contributed by atoms with Crippen molar-refractivity contribution < 1.29 is 18.7 Å². The Bertz CT molecular complexity index is 1240. The first-order valence-electron chi connectivity index (χ1n) is 9.82. The molecule has 1 aliphatic heterocycles. The van der Waals surface area contributed by atoms with Gasteiger partial charge in [-0.2, -0.15) is 0 Å². The van der Waals surface area contributed by atoms with E-state index in [0.717, 1.165) is 0 Å². The first kappa shape index (κ1) is 23.4. The van der Waals surface area contributed by atoms with Crippen molar-refractivity contribution in [1.82, 2.24) is 5.32 Å². The van der Waals surface area contributed by atoms with Gasteiger partial charge in [-0.05, 0) is 55.5 Å². The van der Waals surface area contributed by atoms with Gasteiger partial charge in [0.1, 0.15) is 29.6 Å². The second-order valence-electron chi connectivity index (χ2n) is 6.82. The Balaban J connectivity index is 1.50. The molecule has 1 saturated heterocycles. The van der Waals surface area contributed by atoms with Crippen LogP contribution >= 0.6 is 47.0 Å². The van der Waals surface area contributed by atoms with E-state index in [2.05, 4.69) is 5.32 Å².